The smallest absolute Gasteiger partial charge is 0.0975 e. The van der Waals surface area contributed by atoms with Crippen molar-refractivity contribution in [3.05, 3.63) is 29.6 Å². The molecule has 2 heterocycles. The Bertz CT molecular complexity index is 591. The van der Waals surface area contributed by atoms with Crippen LogP contribution in [-0.2, 0) is 19.4 Å². The molecule has 100 valence electrons. The number of pyridine rings is 1. The Morgan fingerprint density at radius 3 is 3.11 bits per heavy atom. The zero-order valence-electron chi connectivity index (χ0n) is 11.1. The van der Waals surface area contributed by atoms with Crippen LogP contribution in [0.2, 0.25) is 0 Å². The van der Waals surface area contributed by atoms with Crippen molar-refractivity contribution in [2.24, 2.45) is 5.73 Å². The summed E-state index contributed by atoms with van der Waals surface area (Å²) in [6.07, 6.45) is 9.04. The highest BCUT2D eigenvalue weighted by molar-refractivity contribution is 7.98. The Hall–Kier alpha value is -1.33. The highest BCUT2D eigenvalue weighted by Crippen LogP contribution is 2.37. The number of nitrogens with zero attached hydrogens (tertiary/aromatic N) is 3. The van der Waals surface area contributed by atoms with Crippen molar-refractivity contribution in [2.45, 2.75) is 30.8 Å². The number of aromatic nitrogens is 3. The lowest BCUT2D eigenvalue weighted by atomic mass is 9.92. The molecule has 0 bridgehead atoms. The summed E-state index contributed by atoms with van der Waals surface area (Å²) in [5.74, 6) is 0. The first-order chi connectivity index (χ1) is 9.35. The summed E-state index contributed by atoms with van der Waals surface area (Å²) in [7, 11) is 0. The molecule has 0 spiro atoms. The Kier molecular flexibility index (Phi) is 3.57. The van der Waals surface area contributed by atoms with Crippen LogP contribution in [0.25, 0.3) is 11.3 Å². The third-order valence-corrected chi connectivity index (χ3v) is 4.41. The van der Waals surface area contributed by atoms with Gasteiger partial charge in [0.2, 0.25) is 0 Å². The highest BCUT2D eigenvalue weighted by atomic mass is 32.2. The van der Waals surface area contributed by atoms with Gasteiger partial charge in [-0.05, 0) is 43.7 Å². The van der Waals surface area contributed by atoms with Crippen LogP contribution in [0, 0.1) is 0 Å². The van der Waals surface area contributed by atoms with Crippen LogP contribution in [-0.4, -0.2) is 27.6 Å². The highest BCUT2D eigenvalue weighted by Gasteiger charge is 2.24. The topological polar surface area (TPSA) is 56.7 Å². The predicted molar refractivity (Wildman–Crippen MR) is 78.3 cm³/mol. The standard InChI is InChI=1S/C14H18N4S/c1-19-14-12-4-3-10-9-16-7-5-11(10)13(12)17-18(14)8-2-6-15/h5,7,9H,2-4,6,8,15H2,1H3. The van der Waals surface area contributed by atoms with Crippen molar-refractivity contribution in [3.63, 3.8) is 0 Å². The maximum Gasteiger partial charge on any atom is 0.0975 e. The molecule has 0 aliphatic heterocycles. The fraction of sp³-hybridized carbons (Fsp3) is 0.429. The van der Waals surface area contributed by atoms with Crippen LogP contribution in [0.3, 0.4) is 0 Å². The molecule has 0 atom stereocenters. The van der Waals surface area contributed by atoms with Crippen LogP contribution in [0.1, 0.15) is 17.5 Å². The van der Waals surface area contributed by atoms with Gasteiger partial charge in [-0.25, -0.2) is 0 Å². The number of hydrogen-bond donors (Lipinski definition) is 1. The minimum atomic E-state index is 0.707. The first-order valence-electron chi connectivity index (χ1n) is 6.62. The Morgan fingerprint density at radius 1 is 1.42 bits per heavy atom. The summed E-state index contributed by atoms with van der Waals surface area (Å²) in [6.45, 7) is 1.61. The zero-order valence-corrected chi connectivity index (χ0v) is 11.9. The van der Waals surface area contributed by atoms with E-state index in [4.69, 9.17) is 10.8 Å². The van der Waals surface area contributed by atoms with Crippen LogP contribution in [0.5, 0.6) is 0 Å². The van der Waals surface area contributed by atoms with Crippen LogP contribution < -0.4 is 5.73 Å². The quantitative estimate of drug-likeness (QED) is 0.868. The lowest BCUT2D eigenvalue weighted by molar-refractivity contribution is 0.544. The third kappa shape index (κ3) is 2.17. The van der Waals surface area contributed by atoms with Gasteiger partial charge in [-0.2, -0.15) is 5.10 Å². The number of nitrogens with two attached hydrogens (primary N) is 1. The molecular formula is C14H18N4S. The molecule has 0 radical (unpaired) electrons. The van der Waals surface area contributed by atoms with Crippen LogP contribution in [0.15, 0.2) is 23.5 Å². The minimum Gasteiger partial charge on any atom is -0.330 e. The van der Waals surface area contributed by atoms with Gasteiger partial charge in [-0.3, -0.25) is 9.67 Å². The molecule has 0 unspecified atom stereocenters. The lowest BCUT2D eigenvalue weighted by Gasteiger charge is -2.14. The fourth-order valence-electron chi connectivity index (χ4n) is 2.66. The monoisotopic (exact) mass is 274 g/mol. The molecule has 3 rings (SSSR count). The van der Waals surface area contributed by atoms with Gasteiger partial charge in [0.15, 0.2) is 0 Å². The second kappa shape index (κ2) is 5.35. The van der Waals surface area contributed by atoms with E-state index < -0.39 is 0 Å². The Morgan fingerprint density at radius 2 is 2.32 bits per heavy atom. The van der Waals surface area contributed by atoms with E-state index in [1.165, 1.54) is 21.7 Å². The van der Waals surface area contributed by atoms with Gasteiger partial charge in [-0.15, -0.1) is 11.8 Å². The molecule has 0 saturated carbocycles. The van der Waals surface area contributed by atoms with E-state index in [0.717, 1.165) is 31.5 Å². The molecule has 0 amide bonds. The van der Waals surface area contributed by atoms with E-state index >= 15 is 0 Å². The summed E-state index contributed by atoms with van der Waals surface area (Å²) in [5, 5.41) is 6.11. The molecule has 4 nitrogen and oxygen atoms in total. The maximum absolute atomic E-state index is 5.61. The largest absolute Gasteiger partial charge is 0.330 e. The number of thioether (sulfide) groups is 1. The Labute approximate surface area is 117 Å². The summed E-state index contributed by atoms with van der Waals surface area (Å²) in [5.41, 5.74) is 10.7. The van der Waals surface area contributed by atoms with Gasteiger partial charge < -0.3 is 5.73 Å². The van der Waals surface area contributed by atoms with Gasteiger partial charge in [0.05, 0.1) is 10.7 Å². The number of aryl methyl sites for hydroxylation is 2. The van der Waals surface area contributed by atoms with Crippen molar-refractivity contribution < 1.29 is 0 Å². The zero-order chi connectivity index (χ0) is 13.2. The van der Waals surface area contributed by atoms with Crippen LogP contribution >= 0.6 is 11.8 Å². The van der Waals surface area contributed by atoms with E-state index in [1.807, 2.05) is 12.4 Å². The fourth-order valence-corrected chi connectivity index (χ4v) is 3.45. The van der Waals surface area contributed by atoms with Crippen molar-refractivity contribution in [2.75, 3.05) is 12.8 Å². The second-order valence-electron chi connectivity index (χ2n) is 4.73. The van der Waals surface area contributed by atoms with Crippen molar-refractivity contribution >= 4 is 11.8 Å². The normalized spacial score (nSPS) is 13.2. The summed E-state index contributed by atoms with van der Waals surface area (Å²) >= 11 is 1.79. The van der Waals surface area contributed by atoms with Crippen LogP contribution in [0.4, 0.5) is 0 Å². The molecule has 0 saturated heterocycles. The maximum atomic E-state index is 5.61. The average molecular weight is 274 g/mol. The molecule has 1 aliphatic carbocycles. The average Bonchev–Trinajstić information content (AvgIpc) is 2.82. The molecule has 0 aromatic carbocycles. The van der Waals surface area contributed by atoms with Gasteiger partial charge in [0.25, 0.3) is 0 Å². The first kappa shape index (κ1) is 12.7. The van der Waals surface area contributed by atoms with Gasteiger partial charge >= 0.3 is 0 Å². The number of rotatable bonds is 4. The summed E-state index contributed by atoms with van der Waals surface area (Å²) < 4.78 is 2.12. The second-order valence-corrected chi connectivity index (χ2v) is 5.53. The van der Waals surface area contributed by atoms with Gasteiger partial charge in [-0.1, -0.05) is 0 Å². The molecular weight excluding hydrogens is 256 g/mol. The summed E-state index contributed by atoms with van der Waals surface area (Å²) in [4.78, 5) is 4.21. The molecule has 19 heavy (non-hydrogen) atoms. The summed E-state index contributed by atoms with van der Waals surface area (Å²) in [6, 6.07) is 2.08. The van der Waals surface area contributed by atoms with Crippen molar-refractivity contribution in [1.82, 2.24) is 14.8 Å². The molecule has 1 aliphatic rings. The SMILES string of the molecule is CSc1c2c(nn1CCCN)-c1ccncc1CC2. The molecule has 2 aromatic rings. The molecule has 5 heteroatoms. The molecule has 2 aromatic heterocycles. The number of hydrogen-bond acceptors (Lipinski definition) is 4. The van der Waals surface area contributed by atoms with E-state index in [0.29, 0.717) is 6.54 Å². The van der Waals surface area contributed by atoms with E-state index in [1.54, 1.807) is 11.8 Å². The Balaban J connectivity index is 2.08. The molecule has 0 fully saturated rings. The van der Waals surface area contributed by atoms with E-state index in [2.05, 4.69) is 22.0 Å². The predicted octanol–water partition coefficient (Wildman–Crippen LogP) is 2.11. The minimum absolute atomic E-state index is 0.707. The third-order valence-electron chi connectivity index (χ3n) is 3.57. The van der Waals surface area contributed by atoms with Crippen molar-refractivity contribution in [3.8, 4) is 11.3 Å². The first-order valence-corrected chi connectivity index (χ1v) is 7.84. The number of fused-ring (bicyclic) bond motifs is 3. The lowest BCUT2D eigenvalue weighted by Crippen LogP contribution is -2.08. The molecule has 2 N–H and O–H groups in total. The van der Waals surface area contributed by atoms with E-state index in [9.17, 15) is 0 Å². The van der Waals surface area contributed by atoms with Gasteiger partial charge in [0, 0.05) is 30.1 Å². The van der Waals surface area contributed by atoms with Crippen molar-refractivity contribution in [1.29, 1.82) is 0 Å². The van der Waals surface area contributed by atoms with E-state index in [-0.39, 0.29) is 0 Å². The van der Waals surface area contributed by atoms with Gasteiger partial charge in [0.1, 0.15) is 0 Å².